The number of hydrogen-bond acceptors (Lipinski definition) is 5. The van der Waals surface area contributed by atoms with Crippen LogP contribution in [0, 0.1) is 0 Å². The molecule has 1 unspecified atom stereocenters. The maximum absolute atomic E-state index is 6.16. The molecule has 1 aromatic rings. The first-order valence-corrected chi connectivity index (χ1v) is 6.52. The average molecular weight is 256 g/mol. The molecule has 0 spiro atoms. The van der Waals surface area contributed by atoms with Crippen molar-refractivity contribution in [3.8, 4) is 11.5 Å². The largest absolute Gasteiger partial charge is 0.496 e. The molecule has 0 aromatic heterocycles. The lowest BCUT2D eigenvalue weighted by molar-refractivity contribution is 0.375. The molecule has 5 heteroatoms. The molecule has 0 saturated carbocycles. The molecule has 0 bridgehead atoms. The minimum Gasteiger partial charge on any atom is -0.496 e. The highest BCUT2D eigenvalue weighted by atomic mass is 32.2. The molecular formula is C12H20N2O2S. The quantitative estimate of drug-likeness (QED) is 0.782. The van der Waals surface area contributed by atoms with Crippen molar-refractivity contribution in [2.75, 3.05) is 27.0 Å². The van der Waals surface area contributed by atoms with Gasteiger partial charge in [-0.1, -0.05) is 0 Å². The fraction of sp³-hybridized carbons (Fsp3) is 0.500. The van der Waals surface area contributed by atoms with E-state index in [0.29, 0.717) is 6.54 Å². The summed E-state index contributed by atoms with van der Waals surface area (Å²) in [4.78, 5) is 1.01. The third-order valence-electron chi connectivity index (χ3n) is 2.74. The predicted molar refractivity (Wildman–Crippen MR) is 71.9 cm³/mol. The zero-order valence-corrected chi connectivity index (χ0v) is 11.6. The van der Waals surface area contributed by atoms with E-state index < -0.39 is 5.54 Å². The number of ether oxygens (including phenoxy) is 2. The van der Waals surface area contributed by atoms with E-state index in [2.05, 4.69) is 0 Å². The van der Waals surface area contributed by atoms with Gasteiger partial charge in [-0.3, -0.25) is 0 Å². The maximum atomic E-state index is 6.16. The topological polar surface area (TPSA) is 70.5 Å². The summed E-state index contributed by atoms with van der Waals surface area (Å²) in [6.07, 6.45) is 1.99. The third kappa shape index (κ3) is 2.86. The van der Waals surface area contributed by atoms with Crippen LogP contribution in [0.15, 0.2) is 17.0 Å². The van der Waals surface area contributed by atoms with E-state index in [0.717, 1.165) is 22.0 Å². The van der Waals surface area contributed by atoms with Gasteiger partial charge in [0.25, 0.3) is 0 Å². The second kappa shape index (κ2) is 5.62. The molecule has 0 heterocycles. The van der Waals surface area contributed by atoms with Crippen molar-refractivity contribution in [3.05, 3.63) is 17.7 Å². The lowest BCUT2D eigenvalue weighted by Crippen LogP contribution is -2.41. The number of hydrogen-bond donors (Lipinski definition) is 2. The van der Waals surface area contributed by atoms with Gasteiger partial charge in [-0.25, -0.2) is 0 Å². The first kappa shape index (κ1) is 14.2. The van der Waals surface area contributed by atoms with Crippen molar-refractivity contribution in [2.24, 2.45) is 11.5 Å². The van der Waals surface area contributed by atoms with Crippen LogP contribution in [0.4, 0.5) is 0 Å². The van der Waals surface area contributed by atoms with Crippen LogP contribution in [0.2, 0.25) is 0 Å². The zero-order valence-electron chi connectivity index (χ0n) is 10.7. The minimum absolute atomic E-state index is 0.338. The molecule has 4 N–H and O–H groups in total. The fourth-order valence-electron chi connectivity index (χ4n) is 1.59. The first-order valence-electron chi connectivity index (χ1n) is 5.29. The number of rotatable bonds is 5. The smallest absolute Gasteiger partial charge is 0.133 e. The summed E-state index contributed by atoms with van der Waals surface area (Å²) in [5.74, 6) is 1.53. The van der Waals surface area contributed by atoms with E-state index in [1.807, 2.05) is 25.3 Å². The van der Waals surface area contributed by atoms with Gasteiger partial charge in [0, 0.05) is 12.1 Å². The van der Waals surface area contributed by atoms with Crippen LogP contribution in [0.5, 0.6) is 11.5 Å². The summed E-state index contributed by atoms with van der Waals surface area (Å²) in [6.45, 7) is 2.22. The van der Waals surface area contributed by atoms with Crippen LogP contribution >= 0.6 is 11.8 Å². The van der Waals surface area contributed by atoms with Gasteiger partial charge in [0.1, 0.15) is 11.5 Å². The van der Waals surface area contributed by atoms with Crippen molar-refractivity contribution >= 4 is 11.8 Å². The molecule has 96 valence electrons. The maximum Gasteiger partial charge on any atom is 0.133 e. The molecular weight excluding hydrogens is 236 g/mol. The van der Waals surface area contributed by atoms with E-state index in [1.165, 1.54) is 0 Å². The second-order valence-electron chi connectivity index (χ2n) is 4.03. The van der Waals surface area contributed by atoms with Crippen molar-refractivity contribution in [2.45, 2.75) is 17.4 Å². The lowest BCUT2D eigenvalue weighted by Gasteiger charge is -2.26. The molecule has 0 fully saturated rings. The highest BCUT2D eigenvalue weighted by Crippen LogP contribution is 2.38. The second-order valence-corrected chi connectivity index (χ2v) is 4.88. The predicted octanol–water partition coefficient (Wildman–Crippen LogP) is 1.56. The van der Waals surface area contributed by atoms with Gasteiger partial charge in [0.2, 0.25) is 0 Å². The molecule has 0 radical (unpaired) electrons. The Bertz CT molecular complexity index is 394. The summed E-state index contributed by atoms with van der Waals surface area (Å²) < 4.78 is 10.7. The third-order valence-corrected chi connectivity index (χ3v) is 3.50. The highest BCUT2D eigenvalue weighted by molar-refractivity contribution is 7.98. The van der Waals surface area contributed by atoms with Gasteiger partial charge in [0.15, 0.2) is 0 Å². The van der Waals surface area contributed by atoms with E-state index in [4.69, 9.17) is 20.9 Å². The molecule has 0 saturated heterocycles. The Morgan fingerprint density at radius 3 is 2.24 bits per heavy atom. The molecule has 0 aliphatic carbocycles. The van der Waals surface area contributed by atoms with Crippen LogP contribution in [0.25, 0.3) is 0 Å². The van der Waals surface area contributed by atoms with Crippen LogP contribution < -0.4 is 20.9 Å². The molecule has 1 rings (SSSR count). The molecule has 0 amide bonds. The summed E-state index contributed by atoms with van der Waals surface area (Å²) in [6, 6.07) is 3.83. The number of thioether (sulfide) groups is 1. The Morgan fingerprint density at radius 2 is 1.82 bits per heavy atom. The normalized spacial score (nSPS) is 14.2. The standard InChI is InChI=1S/C12H20N2O2S/c1-12(14,7-13)8-5-10(16-3)11(17-4)6-9(8)15-2/h5-6H,7,13-14H2,1-4H3. The highest BCUT2D eigenvalue weighted by Gasteiger charge is 2.25. The molecule has 1 aromatic carbocycles. The number of benzene rings is 1. The van der Waals surface area contributed by atoms with Crippen molar-refractivity contribution in [1.82, 2.24) is 0 Å². The fourth-order valence-corrected chi connectivity index (χ4v) is 2.15. The van der Waals surface area contributed by atoms with Gasteiger partial charge >= 0.3 is 0 Å². The van der Waals surface area contributed by atoms with Gasteiger partial charge < -0.3 is 20.9 Å². The molecule has 0 aliphatic heterocycles. The monoisotopic (exact) mass is 256 g/mol. The SMILES string of the molecule is COc1cc(C(C)(N)CN)c(OC)cc1SC. The Hall–Kier alpha value is -0.910. The van der Waals surface area contributed by atoms with Crippen molar-refractivity contribution < 1.29 is 9.47 Å². The van der Waals surface area contributed by atoms with Crippen LogP contribution in [-0.2, 0) is 5.54 Å². The van der Waals surface area contributed by atoms with Gasteiger partial charge in [-0.2, -0.15) is 0 Å². The number of nitrogens with two attached hydrogens (primary N) is 2. The lowest BCUT2D eigenvalue weighted by atomic mass is 9.92. The van der Waals surface area contributed by atoms with Crippen LogP contribution in [-0.4, -0.2) is 27.0 Å². The van der Waals surface area contributed by atoms with Crippen molar-refractivity contribution in [3.63, 3.8) is 0 Å². The Kier molecular flexibility index (Phi) is 4.68. The Labute approximate surface area is 107 Å². The van der Waals surface area contributed by atoms with Crippen LogP contribution in [0.3, 0.4) is 0 Å². The summed E-state index contributed by atoms with van der Waals surface area (Å²) >= 11 is 1.60. The average Bonchev–Trinajstić information content (AvgIpc) is 2.36. The van der Waals surface area contributed by atoms with Gasteiger partial charge in [-0.15, -0.1) is 11.8 Å². The molecule has 1 atom stereocenters. The summed E-state index contributed by atoms with van der Waals surface area (Å²) in [7, 11) is 3.27. The van der Waals surface area contributed by atoms with Gasteiger partial charge in [0.05, 0.1) is 24.7 Å². The zero-order chi connectivity index (χ0) is 13.1. The molecule has 0 aliphatic rings. The first-order chi connectivity index (χ1) is 8.00. The minimum atomic E-state index is -0.629. The summed E-state index contributed by atoms with van der Waals surface area (Å²) in [5.41, 5.74) is 12.1. The van der Waals surface area contributed by atoms with E-state index in [1.54, 1.807) is 26.0 Å². The number of methoxy groups -OCH3 is 2. The Balaban J connectivity index is 3.38. The molecule has 4 nitrogen and oxygen atoms in total. The van der Waals surface area contributed by atoms with Crippen molar-refractivity contribution in [1.29, 1.82) is 0 Å². The van der Waals surface area contributed by atoms with E-state index in [-0.39, 0.29) is 0 Å². The molecule has 17 heavy (non-hydrogen) atoms. The van der Waals surface area contributed by atoms with E-state index >= 15 is 0 Å². The Morgan fingerprint density at radius 1 is 1.24 bits per heavy atom. The van der Waals surface area contributed by atoms with Crippen LogP contribution in [0.1, 0.15) is 12.5 Å². The van der Waals surface area contributed by atoms with E-state index in [9.17, 15) is 0 Å². The van der Waals surface area contributed by atoms with Gasteiger partial charge in [-0.05, 0) is 25.3 Å². The summed E-state index contributed by atoms with van der Waals surface area (Å²) in [5, 5.41) is 0.